The molecule has 1 atom stereocenters. The van der Waals surface area contributed by atoms with Crippen molar-refractivity contribution in [3.63, 3.8) is 0 Å². The summed E-state index contributed by atoms with van der Waals surface area (Å²) in [6, 6.07) is 17.4. The zero-order chi connectivity index (χ0) is 16.2. The van der Waals surface area contributed by atoms with Crippen LogP contribution in [0.2, 0.25) is 0 Å². The Balaban J connectivity index is 2.22. The molecular weight excluding hydrogens is 304 g/mol. The van der Waals surface area contributed by atoms with E-state index >= 15 is 0 Å². The highest BCUT2D eigenvalue weighted by atomic mass is 32.2. The number of nitrogens with zero attached hydrogens (tertiary/aromatic N) is 2. The summed E-state index contributed by atoms with van der Waals surface area (Å²) < 4.78 is 1.78. The molecule has 3 nitrogen and oxygen atoms in total. The topological polar surface area (TPSA) is 34.9 Å². The van der Waals surface area contributed by atoms with Crippen LogP contribution in [-0.4, -0.2) is 15.3 Å². The molecule has 0 saturated heterocycles. The molecule has 2 aromatic carbocycles. The lowest BCUT2D eigenvalue weighted by atomic mass is 10.1. The molecule has 0 unspecified atom stereocenters. The van der Waals surface area contributed by atoms with Crippen LogP contribution in [-0.2, 0) is 0 Å². The summed E-state index contributed by atoms with van der Waals surface area (Å²) in [4.78, 5) is 17.7. The molecule has 116 valence electrons. The molecule has 1 heterocycles. The first-order chi connectivity index (χ1) is 11.2. The Morgan fingerprint density at radius 2 is 1.87 bits per heavy atom. The fourth-order valence-corrected chi connectivity index (χ4v) is 3.39. The van der Waals surface area contributed by atoms with Gasteiger partial charge in [0.25, 0.3) is 5.56 Å². The minimum atomic E-state index is -0.0758. The van der Waals surface area contributed by atoms with E-state index in [0.717, 1.165) is 16.2 Å². The van der Waals surface area contributed by atoms with Crippen LogP contribution in [0.15, 0.2) is 77.2 Å². The second-order valence-corrected chi connectivity index (χ2v) is 6.26. The van der Waals surface area contributed by atoms with Crippen molar-refractivity contribution in [2.75, 3.05) is 5.75 Å². The first-order valence-electron chi connectivity index (χ1n) is 7.52. The quantitative estimate of drug-likeness (QED) is 0.399. The SMILES string of the molecule is C=CCSc1nc2ccccc2c(=O)n1[C@H](C)c1ccccc1. The largest absolute Gasteiger partial charge is 0.280 e. The van der Waals surface area contributed by atoms with Gasteiger partial charge in [0.05, 0.1) is 16.9 Å². The number of fused-ring (bicyclic) bond motifs is 1. The summed E-state index contributed by atoms with van der Waals surface area (Å²) in [6.45, 7) is 5.79. The number of aromatic nitrogens is 2. The van der Waals surface area contributed by atoms with Crippen LogP contribution in [0.4, 0.5) is 0 Å². The number of benzene rings is 2. The van der Waals surface area contributed by atoms with Gasteiger partial charge in [0.15, 0.2) is 5.16 Å². The van der Waals surface area contributed by atoms with Crippen LogP contribution in [0.1, 0.15) is 18.5 Å². The Labute approximate surface area is 139 Å². The molecule has 0 N–H and O–H groups in total. The molecule has 0 aliphatic heterocycles. The van der Waals surface area contributed by atoms with E-state index < -0.39 is 0 Å². The summed E-state index contributed by atoms with van der Waals surface area (Å²) in [5, 5.41) is 1.38. The van der Waals surface area contributed by atoms with Crippen LogP contribution in [0.5, 0.6) is 0 Å². The Kier molecular flexibility index (Phi) is 4.63. The van der Waals surface area contributed by atoms with Gasteiger partial charge in [-0.1, -0.05) is 60.3 Å². The summed E-state index contributed by atoms with van der Waals surface area (Å²) >= 11 is 1.53. The normalized spacial score (nSPS) is 12.2. The van der Waals surface area contributed by atoms with Gasteiger partial charge < -0.3 is 0 Å². The molecule has 23 heavy (non-hydrogen) atoms. The molecule has 0 bridgehead atoms. The highest BCUT2D eigenvalue weighted by molar-refractivity contribution is 7.99. The van der Waals surface area contributed by atoms with E-state index in [2.05, 4.69) is 6.58 Å². The minimum absolute atomic E-state index is 0.00137. The molecule has 0 aliphatic rings. The number of para-hydroxylation sites is 1. The fraction of sp³-hybridized carbons (Fsp3) is 0.158. The van der Waals surface area contributed by atoms with E-state index in [9.17, 15) is 4.79 Å². The Hall–Kier alpha value is -2.33. The van der Waals surface area contributed by atoms with Crippen LogP contribution in [0.3, 0.4) is 0 Å². The van der Waals surface area contributed by atoms with Gasteiger partial charge in [-0.2, -0.15) is 0 Å². The van der Waals surface area contributed by atoms with Crippen molar-refractivity contribution in [3.8, 4) is 0 Å². The maximum Gasteiger partial charge on any atom is 0.262 e. The van der Waals surface area contributed by atoms with Crippen molar-refractivity contribution in [2.45, 2.75) is 18.1 Å². The molecule has 0 amide bonds. The zero-order valence-electron chi connectivity index (χ0n) is 13.0. The van der Waals surface area contributed by atoms with Gasteiger partial charge in [-0.3, -0.25) is 9.36 Å². The lowest BCUT2D eigenvalue weighted by Crippen LogP contribution is -2.27. The first kappa shape index (κ1) is 15.6. The van der Waals surface area contributed by atoms with Gasteiger partial charge in [0.1, 0.15) is 0 Å². The average molecular weight is 322 g/mol. The monoisotopic (exact) mass is 322 g/mol. The van der Waals surface area contributed by atoms with E-state index in [1.807, 2.05) is 67.6 Å². The molecule has 0 spiro atoms. The van der Waals surface area contributed by atoms with E-state index in [0.29, 0.717) is 11.1 Å². The summed E-state index contributed by atoms with van der Waals surface area (Å²) in [7, 11) is 0. The Morgan fingerprint density at radius 3 is 2.61 bits per heavy atom. The van der Waals surface area contributed by atoms with Crippen LogP contribution in [0, 0.1) is 0 Å². The molecule has 4 heteroatoms. The van der Waals surface area contributed by atoms with Crippen LogP contribution >= 0.6 is 11.8 Å². The maximum atomic E-state index is 13.0. The minimum Gasteiger partial charge on any atom is -0.280 e. The molecule has 0 aliphatic carbocycles. The second kappa shape index (κ2) is 6.84. The highest BCUT2D eigenvalue weighted by Gasteiger charge is 2.17. The van der Waals surface area contributed by atoms with Gasteiger partial charge in [-0.05, 0) is 24.6 Å². The average Bonchev–Trinajstić information content (AvgIpc) is 2.60. The van der Waals surface area contributed by atoms with Crippen LogP contribution < -0.4 is 5.56 Å². The van der Waals surface area contributed by atoms with Crippen molar-refractivity contribution < 1.29 is 0 Å². The summed E-state index contributed by atoms with van der Waals surface area (Å²) in [5.41, 5.74) is 1.83. The van der Waals surface area contributed by atoms with Gasteiger partial charge in [0.2, 0.25) is 0 Å². The standard InChI is InChI=1S/C19H18N2OS/c1-3-13-23-19-20-17-12-8-7-11-16(17)18(22)21(19)14(2)15-9-5-4-6-10-15/h3-12,14H,1,13H2,2H3/t14-/m1/s1. The van der Waals surface area contributed by atoms with E-state index in [4.69, 9.17) is 4.98 Å². The Bertz CT molecular complexity index is 887. The predicted octanol–water partition coefficient (Wildman–Crippen LogP) is 4.28. The number of hydrogen-bond acceptors (Lipinski definition) is 3. The fourth-order valence-electron chi connectivity index (χ4n) is 2.58. The summed E-state index contributed by atoms with van der Waals surface area (Å²) in [5.74, 6) is 0.715. The molecule has 0 saturated carbocycles. The lowest BCUT2D eigenvalue weighted by Gasteiger charge is -2.19. The van der Waals surface area contributed by atoms with Crippen LogP contribution in [0.25, 0.3) is 10.9 Å². The predicted molar refractivity (Wildman–Crippen MR) is 97.2 cm³/mol. The molecule has 1 aromatic heterocycles. The van der Waals surface area contributed by atoms with Crippen molar-refractivity contribution in [3.05, 3.63) is 83.2 Å². The number of thioether (sulfide) groups is 1. The molecule has 0 radical (unpaired) electrons. The van der Waals surface area contributed by atoms with Gasteiger partial charge in [-0.15, -0.1) is 6.58 Å². The first-order valence-corrected chi connectivity index (χ1v) is 8.51. The number of hydrogen-bond donors (Lipinski definition) is 0. The van der Waals surface area contributed by atoms with Crippen molar-refractivity contribution in [1.29, 1.82) is 0 Å². The van der Waals surface area contributed by atoms with E-state index in [1.165, 1.54) is 11.8 Å². The van der Waals surface area contributed by atoms with Gasteiger partial charge in [-0.25, -0.2) is 4.98 Å². The molecular formula is C19H18N2OS. The van der Waals surface area contributed by atoms with Gasteiger partial charge >= 0.3 is 0 Å². The molecule has 0 fully saturated rings. The summed E-state index contributed by atoms with van der Waals surface area (Å²) in [6.07, 6.45) is 1.82. The van der Waals surface area contributed by atoms with Crippen molar-refractivity contribution in [2.24, 2.45) is 0 Å². The third-order valence-electron chi connectivity index (χ3n) is 3.77. The molecule has 3 aromatic rings. The van der Waals surface area contributed by atoms with E-state index in [1.54, 1.807) is 4.57 Å². The lowest BCUT2D eigenvalue weighted by molar-refractivity contribution is 0.549. The molecule has 3 rings (SSSR count). The van der Waals surface area contributed by atoms with Gasteiger partial charge in [0, 0.05) is 5.75 Å². The number of rotatable bonds is 5. The smallest absolute Gasteiger partial charge is 0.262 e. The Morgan fingerprint density at radius 1 is 1.17 bits per heavy atom. The highest BCUT2D eigenvalue weighted by Crippen LogP contribution is 2.24. The zero-order valence-corrected chi connectivity index (χ0v) is 13.8. The maximum absolute atomic E-state index is 13.0. The third kappa shape index (κ3) is 3.08. The third-order valence-corrected chi connectivity index (χ3v) is 4.72. The van der Waals surface area contributed by atoms with Crippen molar-refractivity contribution >= 4 is 22.7 Å². The second-order valence-electron chi connectivity index (χ2n) is 5.27. The van der Waals surface area contributed by atoms with E-state index in [-0.39, 0.29) is 11.6 Å². The van der Waals surface area contributed by atoms with Crippen molar-refractivity contribution in [1.82, 2.24) is 9.55 Å².